The molecule has 0 aromatic carbocycles. The Kier molecular flexibility index (Phi) is 3.99. The predicted molar refractivity (Wildman–Crippen MR) is 62.4 cm³/mol. The zero-order valence-electron chi connectivity index (χ0n) is 10.4. The minimum Gasteiger partial charge on any atom is -0.378 e. The van der Waals surface area contributed by atoms with Crippen LogP contribution in [0.2, 0.25) is 0 Å². The first-order chi connectivity index (χ1) is 8.24. The highest BCUT2D eigenvalue weighted by molar-refractivity contribution is 5.88. The van der Waals surface area contributed by atoms with Crippen molar-refractivity contribution in [3.05, 3.63) is 0 Å². The van der Waals surface area contributed by atoms with Gasteiger partial charge in [-0.15, -0.1) is 0 Å². The van der Waals surface area contributed by atoms with Crippen LogP contribution in [0.15, 0.2) is 0 Å². The summed E-state index contributed by atoms with van der Waals surface area (Å²) in [4.78, 5) is 27.6. The van der Waals surface area contributed by atoms with E-state index >= 15 is 0 Å². The van der Waals surface area contributed by atoms with Crippen molar-refractivity contribution < 1.29 is 14.3 Å². The fourth-order valence-electron chi connectivity index (χ4n) is 2.52. The molecule has 0 bridgehead atoms. The molecule has 1 atom stereocenters. The van der Waals surface area contributed by atoms with Crippen molar-refractivity contribution in [2.75, 3.05) is 32.8 Å². The van der Waals surface area contributed by atoms with E-state index in [1.165, 1.54) is 0 Å². The standard InChI is InChI=1S/C12H20N2O3/c1-2-11(15)14-5-3-4-10(14)12(16)13-6-8-17-9-7-13/h10H,2-9H2,1H3. The molecule has 2 rings (SSSR count). The smallest absolute Gasteiger partial charge is 0.245 e. The summed E-state index contributed by atoms with van der Waals surface area (Å²) in [6.45, 7) is 5.11. The Hall–Kier alpha value is -1.10. The van der Waals surface area contributed by atoms with Gasteiger partial charge in [-0.25, -0.2) is 0 Å². The molecule has 0 aromatic rings. The molecule has 2 fully saturated rings. The normalized spacial score (nSPS) is 25.1. The number of hydrogen-bond acceptors (Lipinski definition) is 3. The molecular weight excluding hydrogens is 220 g/mol. The Morgan fingerprint density at radius 3 is 2.59 bits per heavy atom. The number of likely N-dealkylation sites (tertiary alicyclic amines) is 1. The van der Waals surface area contributed by atoms with Crippen LogP contribution < -0.4 is 0 Å². The van der Waals surface area contributed by atoms with Gasteiger partial charge in [0.2, 0.25) is 11.8 Å². The van der Waals surface area contributed by atoms with Crippen LogP contribution in [0.3, 0.4) is 0 Å². The van der Waals surface area contributed by atoms with Crippen LogP contribution in [0.4, 0.5) is 0 Å². The van der Waals surface area contributed by atoms with Gasteiger partial charge in [-0.3, -0.25) is 9.59 Å². The summed E-state index contributed by atoms with van der Waals surface area (Å²) in [5, 5.41) is 0. The van der Waals surface area contributed by atoms with E-state index in [-0.39, 0.29) is 17.9 Å². The second-order valence-corrected chi connectivity index (χ2v) is 4.54. The lowest BCUT2D eigenvalue weighted by Gasteiger charge is -2.32. The molecule has 1 unspecified atom stereocenters. The SMILES string of the molecule is CCC(=O)N1CCCC1C(=O)N1CCOCC1. The molecule has 5 heteroatoms. The van der Waals surface area contributed by atoms with Crippen molar-refractivity contribution in [1.29, 1.82) is 0 Å². The lowest BCUT2D eigenvalue weighted by atomic mass is 10.1. The monoisotopic (exact) mass is 240 g/mol. The summed E-state index contributed by atoms with van der Waals surface area (Å²) in [5.74, 6) is 0.196. The van der Waals surface area contributed by atoms with Gasteiger partial charge < -0.3 is 14.5 Å². The van der Waals surface area contributed by atoms with E-state index in [1.54, 1.807) is 4.90 Å². The molecule has 2 aliphatic heterocycles. The van der Waals surface area contributed by atoms with Gasteiger partial charge in [0.05, 0.1) is 13.2 Å². The fourth-order valence-corrected chi connectivity index (χ4v) is 2.52. The Bertz CT molecular complexity index is 300. The quantitative estimate of drug-likeness (QED) is 0.695. The summed E-state index contributed by atoms with van der Waals surface area (Å²) in [5.41, 5.74) is 0. The number of carbonyl (C=O) groups is 2. The second-order valence-electron chi connectivity index (χ2n) is 4.54. The highest BCUT2D eigenvalue weighted by atomic mass is 16.5. The third-order valence-corrected chi connectivity index (χ3v) is 3.48. The Morgan fingerprint density at radius 2 is 1.94 bits per heavy atom. The number of amides is 2. The van der Waals surface area contributed by atoms with E-state index in [0.29, 0.717) is 32.7 Å². The molecular formula is C12H20N2O3. The largest absolute Gasteiger partial charge is 0.378 e. The van der Waals surface area contributed by atoms with Crippen molar-refractivity contribution >= 4 is 11.8 Å². The van der Waals surface area contributed by atoms with Crippen LogP contribution in [0.1, 0.15) is 26.2 Å². The molecule has 0 saturated carbocycles. The summed E-state index contributed by atoms with van der Waals surface area (Å²) < 4.78 is 5.23. The molecule has 96 valence electrons. The first-order valence-corrected chi connectivity index (χ1v) is 6.40. The maximum atomic E-state index is 12.3. The molecule has 0 aliphatic carbocycles. The van der Waals surface area contributed by atoms with Gasteiger partial charge in [-0.1, -0.05) is 6.92 Å². The Morgan fingerprint density at radius 1 is 1.24 bits per heavy atom. The molecule has 2 heterocycles. The first kappa shape index (κ1) is 12.4. The van der Waals surface area contributed by atoms with E-state index in [9.17, 15) is 9.59 Å². The number of nitrogens with zero attached hydrogens (tertiary/aromatic N) is 2. The number of ether oxygens (including phenoxy) is 1. The summed E-state index contributed by atoms with van der Waals surface area (Å²) in [7, 11) is 0. The van der Waals surface area contributed by atoms with Crippen LogP contribution in [-0.2, 0) is 14.3 Å². The van der Waals surface area contributed by atoms with Crippen LogP contribution in [-0.4, -0.2) is 60.5 Å². The van der Waals surface area contributed by atoms with Gasteiger partial charge >= 0.3 is 0 Å². The van der Waals surface area contributed by atoms with E-state index < -0.39 is 0 Å². The summed E-state index contributed by atoms with van der Waals surface area (Å²) in [6, 6.07) is -0.222. The van der Waals surface area contributed by atoms with Gasteiger partial charge in [-0.05, 0) is 12.8 Å². The third kappa shape index (κ3) is 2.60. The fraction of sp³-hybridized carbons (Fsp3) is 0.833. The van der Waals surface area contributed by atoms with Gasteiger partial charge in [0.25, 0.3) is 0 Å². The van der Waals surface area contributed by atoms with Crippen molar-refractivity contribution in [2.24, 2.45) is 0 Å². The number of carbonyl (C=O) groups excluding carboxylic acids is 2. The maximum Gasteiger partial charge on any atom is 0.245 e. The lowest BCUT2D eigenvalue weighted by Crippen LogP contribution is -2.50. The molecule has 17 heavy (non-hydrogen) atoms. The Labute approximate surface area is 102 Å². The van der Waals surface area contributed by atoms with Crippen molar-refractivity contribution in [3.63, 3.8) is 0 Å². The molecule has 0 spiro atoms. The Balaban J connectivity index is 1.99. The van der Waals surface area contributed by atoms with Crippen LogP contribution in [0.5, 0.6) is 0 Å². The predicted octanol–water partition coefficient (Wildman–Crippen LogP) is 0.246. The second kappa shape index (κ2) is 5.49. The van der Waals surface area contributed by atoms with E-state index in [4.69, 9.17) is 4.74 Å². The minimum absolute atomic E-state index is 0.0918. The molecule has 2 saturated heterocycles. The van der Waals surface area contributed by atoms with Crippen molar-refractivity contribution in [3.8, 4) is 0 Å². The van der Waals surface area contributed by atoms with E-state index in [1.807, 2.05) is 11.8 Å². The molecule has 2 aliphatic rings. The number of rotatable bonds is 2. The van der Waals surface area contributed by atoms with Crippen LogP contribution in [0, 0.1) is 0 Å². The molecule has 0 radical (unpaired) electrons. The molecule has 2 amide bonds. The summed E-state index contributed by atoms with van der Waals surface area (Å²) >= 11 is 0. The number of hydrogen-bond donors (Lipinski definition) is 0. The van der Waals surface area contributed by atoms with E-state index in [0.717, 1.165) is 19.4 Å². The van der Waals surface area contributed by atoms with Crippen molar-refractivity contribution in [1.82, 2.24) is 9.80 Å². The zero-order chi connectivity index (χ0) is 12.3. The average molecular weight is 240 g/mol. The molecule has 0 N–H and O–H groups in total. The number of morpholine rings is 1. The maximum absolute atomic E-state index is 12.3. The van der Waals surface area contributed by atoms with E-state index in [2.05, 4.69) is 0 Å². The third-order valence-electron chi connectivity index (χ3n) is 3.48. The van der Waals surface area contributed by atoms with Crippen LogP contribution in [0.25, 0.3) is 0 Å². The highest BCUT2D eigenvalue weighted by Gasteiger charge is 2.36. The summed E-state index contributed by atoms with van der Waals surface area (Å²) in [6.07, 6.45) is 2.22. The van der Waals surface area contributed by atoms with Gasteiger partial charge in [0.1, 0.15) is 6.04 Å². The minimum atomic E-state index is -0.222. The average Bonchev–Trinajstić information content (AvgIpc) is 2.87. The topological polar surface area (TPSA) is 49.9 Å². The first-order valence-electron chi connectivity index (χ1n) is 6.40. The van der Waals surface area contributed by atoms with Crippen LogP contribution >= 0.6 is 0 Å². The lowest BCUT2D eigenvalue weighted by molar-refractivity contribution is -0.146. The van der Waals surface area contributed by atoms with Gasteiger partial charge in [0, 0.05) is 26.1 Å². The molecule has 0 aromatic heterocycles. The zero-order valence-corrected chi connectivity index (χ0v) is 10.4. The highest BCUT2D eigenvalue weighted by Crippen LogP contribution is 2.20. The van der Waals surface area contributed by atoms with Crippen molar-refractivity contribution in [2.45, 2.75) is 32.2 Å². The van der Waals surface area contributed by atoms with Gasteiger partial charge in [0.15, 0.2) is 0 Å². The molecule has 5 nitrogen and oxygen atoms in total. The van der Waals surface area contributed by atoms with Gasteiger partial charge in [-0.2, -0.15) is 0 Å².